The Morgan fingerprint density at radius 1 is 1.00 bits per heavy atom. The summed E-state index contributed by atoms with van der Waals surface area (Å²) in [5.74, 6) is -3.14. The molecular formula is C29H34FN3O9. The smallest absolute Gasteiger partial charge is 0.336 e. The first-order valence-electron chi connectivity index (χ1n) is 13.1. The van der Waals surface area contributed by atoms with Crippen LogP contribution in [0.5, 0.6) is 11.5 Å². The normalized spacial score (nSPS) is 16.8. The van der Waals surface area contributed by atoms with Gasteiger partial charge in [-0.3, -0.25) is 19.6 Å². The summed E-state index contributed by atoms with van der Waals surface area (Å²) in [7, 11) is 1.65. The van der Waals surface area contributed by atoms with Gasteiger partial charge >= 0.3 is 17.9 Å². The van der Waals surface area contributed by atoms with Crippen LogP contribution in [0.3, 0.4) is 0 Å². The molecule has 0 aliphatic carbocycles. The molecule has 2 aromatic carbocycles. The van der Waals surface area contributed by atoms with Crippen LogP contribution in [0, 0.1) is 5.82 Å². The number of hydrogen-bond donors (Lipinski definition) is 5. The van der Waals surface area contributed by atoms with E-state index in [1.165, 1.54) is 5.56 Å². The highest BCUT2D eigenvalue weighted by Crippen LogP contribution is 2.40. The van der Waals surface area contributed by atoms with Crippen molar-refractivity contribution in [1.29, 1.82) is 0 Å². The highest BCUT2D eigenvalue weighted by Gasteiger charge is 2.41. The van der Waals surface area contributed by atoms with E-state index in [0.717, 1.165) is 42.4 Å². The second kappa shape index (κ2) is 14.4. The first kappa shape index (κ1) is 32.0. The maximum Gasteiger partial charge on any atom is 0.336 e. The first-order chi connectivity index (χ1) is 19.9. The SMILES string of the molecule is CCOc1cc(CN2C[C@@H](c3ccc(F)cc3)[C@H](c3ccn[nH]3)C2)ccc1OC.O=C(O)CC(O)(CC(=O)O)C(=O)O. The number of nitrogens with one attached hydrogen (secondary N) is 1. The van der Waals surface area contributed by atoms with Crippen LogP contribution in [0.1, 0.15) is 48.4 Å². The highest BCUT2D eigenvalue weighted by molar-refractivity contribution is 5.88. The Hall–Kier alpha value is -4.49. The van der Waals surface area contributed by atoms with Crippen molar-refractivity contribution in [3.63, 3.8) is 0 Å². The van der Waals surface area contributed by atoms with Gasteiger partial charge < -0.3 is 29.9 Å². The number of aromatic nitrogens is 2. The van der Waals surface area contributed by atoms with Crippen LogP contribution >= 0.6 is 0 Å². The highest BCUT2D eigenvalue weighted by atomic mass is 19.1. The second-order valence-electron chi connectivity index (χ2n) is 9.87. The van der Waals surface area contributed by atoms with E-state index >= 15 is 0 Å². The summed E-state index contributed by atoms with van der Waals surface area (Å²) < 4.78 is 24.5. The van der Waals surface area contributed by atoms with Crippen molar-refractivity contribution < 1.29 is 48.7 Å². The molecule has 1 aromatic heterocycles. The van der Waals surface area contributed by atoms with Crippen LogP contribution in [0.4, 0.5) is 4.39 Å². The van der Waals surface area contributed by atoms with Crippen LogP contribution in [0.15, 0.2) is 54.7 Å². The first-order valence-corrected chi connectivity index (χ1v) is 13.1. The summed E-state index contributed by atoms with van der Waals surface area (Å²) in [6.45, 7) is 5.17. The lowest BCUT2D eigenvalue weighted by molar-refractivity contribution is -0.170. The summed E-state index contributed by atoms with van der Waals surface area (Å²) in [6, 6.07) is 15.0. The lowest BCUT2D eigenvalue weighted by Crippen LogP contribution is -2.42. The Morgan fingerprint density at radius 2 is 1.64 bits per heavy atom. The quantitative estimate of drug-likeness (QED) is 0.210. The molecule has 3 aromatic rings. The third-order valence-electron chi connectivity index (χ3n) is 6.83. The Morgan fingerprint density at radius 3 is 2.17 bits per heavy atom. The van der Waals surface area contributed by atoms with Crippen molar-refractivity contribution in [2.45, 2.75) is 43.7 Å². The van der Waals surface area contributed by atoms with Crippen molar-refractivity contribution >= 4 is 17.9 Å². The molecule has 0 saturated carbocycles. The third-order valence-corrected chi connectivity index (χ3v) is 6.83. The molecule has 5 N–H and O–H groups in total. The molecule has 12 nitrogen and oxygen atoms in total. The van der Waals surface area contributed by atoms with Crippen LogP contribution in [0.2, 0.25) is 0 Å². The number of aliphatic carboxylic acids is 3. The van der Waals surface area contributed by atoms with Gasteiger partial charge in [-0.05, 0) is 48.4 Å². The number of rotatable bonds is 12. The molecule has 0 amide bonds. The number of hydrogen-bond acceptors (Lipinski definition) is 8. The number of aromatic amines is 1. The number of halogens is 1. The molecule has 1 fully saturated rings. The summed E-state index contributed by atoms with van der Waals surface area (Å²) in [6.07, 6.45) is -0.499. The lowest BCUT2D eigenvalue weighted by atomic mass is 9.87. The van der Waals surface area contributed by atoms with Crippen LogP contribution in [-0.4, -0.2) is 85.8 Å². The Bertz CT molecular complexity index is 1330. The van der Waals surface area contributed by atoms with E-state index < -0.39 is 36.4 Å². The lowest BCUT2D eigenvalue weighted by Gasteiger charge is -2.18. The summed E-state index contributed by atoms with van der Waals surface area (Å²) >= 11 is 0. The maximum absolute atomic E-state index is 13.4. The van der Waals surface area contributed by atoms with Gasteiger partial charge in [-0.2, -0.15) is 5.10 Å². The van der Waals surface area contributed by atoms with E-state index in [-0.39, 0.29) is 17.7 Å². The zero-order chi connectivity index (χ0) is 30.9. The van der Waals surface area contributed by atoms with Crippen LogP contribution in [0.25, 0.3) is 0 Å². The average Bonchev–Trinajstić information content (AvgIpc) is 3.59. The monoisotopic (exact) mass is 587 g/mol. The molecule has 0 spiro atoms. The predicted octanol–water partition coefficient (Wildman–Crippen LogP) is 3.09. The standard InChI is InChI=1S/C23H26FN3O2.C6H8O7/c1-3-29-23-12-16(4-9-22(23)28-2)13-27-14-19(17-5-7-18(24)8-6-17)20(15-27)21-10-11-25-26-21;7-3(8)1-6(13,5(11)12)2-4(9)10/h4-12,19-20H,3,13-15H2,1-2H3,(H,25,26);13H,1-2H2,(H,7,8)(H,9,10)(H,11,12)/t19-,20+;/m0./s1. The van der Waals surface area contributed by atoms with E-state index in [4.69, 9.17) is 29.9 Å². The van der Waals surface area contributed by atoms with Gasteiger partial charge in [0.15, 0.2) is 17.1 Å². The Labute approximate surface area is 241 Å². The molecule has 1 aliphatic rings. The summed E-state index contributed by atoms with van der Waals surface area (Å²) in [5, 5.41) is 41.1. The fourth-order valence-corrected chi connectivity index (χ4v) is 4.91. The second-order valence-corrected chi connectivity index (χ2v) is 9.87. The number of aliphatic hydroxyl groups is 1. The number of carboxylic acid groups (broad SMARTS) is 3. The van der Waals surface area contributed by atoms with E-state index in [9.17, 15) is 18.8 Å². The Balaban J connectivity index is 0.000000316. The minimum Gasteiger partial charge on any atom is -0.493 e. The van der Waals surface area contributed by atoms with Crippen molar-refractivity contribution in [2.75, 3.05) is 26.8 Å². The van der Waals surface area contributed by atoms with Gasteiger partial charge in [0.05, 0.1) is 26.6 Å². The van der Waals surface area contributed by atoms with Gasteiger partial charge in [0, 0.05) is 43.4 Å². The van der Waals surface area contributed by atoms with E-state index in [0.29, 0.717) is 6.61 Å². The van der Waals surface area contributed by atoms with Gasteiger partial charge in [-0.1, -0.05) is 18.2 Å². The number of methoxy groups -OCH3 is 1. The van der Waals surface area contributed by atoms with Gasteiger partial charge in [0.2, 0.25) is 0 Å². The van der Waals surface area contributed by atoms with Crippen molar-refractivity contribution in [1.82, 2.24) is 15.1 Å². The average molecular weight is 588 g/mol. The predicted molar refractivity (Wildman–Crippen MR) is 147 cm³/mol. The van der Waals surface area contributed by atoms with E-state index in [2.05, 4.69) is 27.2 Å². The minimum absolute atomic E-state index is 0.205. The van der Waals surface area contributed by atoms with Crippen molar-refractivity contribution in [2.24, 2.45) is 0 Å². The third kappa shape index (κ3) is 8.51. The number of carbonyl (C=O) groups is 3. The molecule has 42 heavy (non-hydrogen) atoms. The molecule has 0 radical (unpaired) electrons. The van der Waals surface area contributed by atoms with Gasteiger partial charge in [0.1, 0.15) is 5.82 Å². The van der Waals surface area contributed by atoms with Crippen molar-refractivity contribution in [3.8, 4) is 11.5 Å². The molecular weight excluding hydrogens is 553 g/mol. The van der Waals surface area contributed by atoms with E-state index in [1.807, 2.05) is 31.2 Å². The fraction of sp³-hybridized carbons (Fsp3) is 0.379. The molecule has 0 bridgehead atoms. The summed E-state index contributed by atoms with van der Waals surface area (Å²) in [4.78, 5) is 32.9. The molecule has 1 aliphatic heterocycles. The molecule has 2 heterocycles. The number of nitrogens with zero attached hydrogens (tertiary/aromatic N) is 2. The van der Waals surface area contributed by atoms with Crippen LogP contribution in [-0.2, 0) is 20.9 Å². The van der Waals surface area contributed by atoms with Gasteiger partial charge in [-0.25, -0.2) is 9.18 Å². The number of H-pyrrole nitrogens is 1. The van der Waals surface area contributed by atoms with Gasteiger partial charge in [0.25, 0.3) is 0 Å². The molecule has 0 unspecified atom stereocenters. The number of benzene rings is 2. The van der Waals surface area contributed by atoms with Gasteiger partial charge in [-0.15, -0.1) is 0 Å². The topological polar surface area (TPSA) is 183 Å². The van der Waals surface area contributed by atoms with E-state index in [1.54, 1.807) is 25.4 Å². The van der Waals surface area contributed by atoms with Crippen molar-refractivity contribution in [3.05, 3.63) is 77.4 Å². The van der Waals surface area contributed by atoms with Crippen LogP contribution < -0.4 is 9.47 Å². The number of carboxylic acids is 3. The summed E-state index contributed by atoms with van der Waals surface area (Å²) in [5.41, 5.74) is 0.708. The maximum atomic E-state index is 13.4. The number of likely N-dealkylation sites (tertiary alicyclic amines) is 1. The zero-order valence-electron chi connectivity index (χ0n) is 23.2. The molecule has 13 heteroatoms. The molecule has 1 saturated heterocycles. The fourth-order valence-electron chi connectivity index (χ4n) is 4.91. The molecule has 226 valence electrons. The number of ether oxygens (including phenoxy) is 2. The Kier molecular flexibility index (Phi) is 11.0. The largest absolute Gasteiger partial charge is 0.493 e. The minimum atomic E-state index is -2.74. The molecule has 4 rings (SSSR count). The zero-order valence-corrected chi connectivity index (χ0v) is 23.2. The molecule has 2 atom stereocenters.